The summed E-state index contributed by atoms with van der Waals surface area (Å²) >= 11 is 0. The molecule has 0 saturated heterocycles. The maximum atomic E-state index is 12.3. The lowest BCUT2D eigenvalue weighted by molar-refractivity contribution is 0.0940. The van der Waals surface area contributed by atoms with Gasteiger partial charge in [0.15, 0.2) is 5.69 Å². The molecule has 114 valence electrons. The van der Waals surface area contributed by atoms with E-state index in [0.29, 0.717) is 18.2 Å². The Kier molecular flexibility index (Phi) is 3.36. The van der Waals surface area contributed by atoms with Crippen LogP contribution in [0.3, 0.4) is 0 Å². The fraction of sp³-hybridized carbons (Fsp3) is 0.500. The molecule has 0 aliphatic heterocycles. The molecule has 2 aromatic heterocycles. The second-order valence-electron chi connectivity index (χ2n) is 6.03. The summed E-state index contributed by atoms with van der Waals surface area (Å²) in [5.41, 5.74) is 3.33. The molecule has 4 rings (SSSR count). The zero-order valence-corrected chi connectivity index (χ0v) is 12.3. The molecule has 2 heterocycles. The van der Waals surface area contributed by atoms with E-state index in [1.54, 1.807) is 6.33 Å². The minimum atomic E-state index is -0.182. The number of amides is 1. The third-order valence-electron chi connectivity index (χ3n) is 4.34. The topological polar surface area (TPSA) is 80.9 Å². The molecule has 0 spiro atoms. The van der Waals surface area contributed by atoms with Crippen molar-refractivity contribution in [1.29, 1.82) is 0 Å². The van der Waals surface area contributed by atoms with Gasteiger partial charge in [-0.3, -0.25) is 4.79 Å². The van der Waals surface area contributed by atoms with Crippen LogP contribution in [0.5, 0.6) is 0 Å². The Balaban J connectivity index is 1.44. The number of fused-ring (bicyclic) bond motifs is 1. The SMILES string of the molecule is O=C(NCc1cc(C2CC2)ncn1)c1noc2c1CCCC2. The molecule has 1 amide bonds. The molecule has 6 heteroatoms. The van der Waals surface area contributed by atoms with Gasteiger partial charge >= 0.3 is 0 Å². The van der Waals surface area contributed by atoms with Gasteiger partial charge in [-0.05, 0) is 38.2 Å². The van der Waals surface area contributed by atoms with Gasteiger partial charge in [-0.15, -0.1) is 0 Å². The summed E-state index contributed by atoms with van der Waals surface area (Å²) in [7, 11) is 0. The Labute approximate surface area is 128 Å². The molecule has 1 saturated carbocycles. The van der Waals surface area contributed by atoms with Gasteiger partial charge < -0.3 is 9.84 Å². The molecular formula is C16H18N4O2. The quantitative estimate of drug-likeness (QED) is 0.935. The Morgan fingerprint density at radius 1 is 1.27 bits per heavy atom. The summed E-state index contributed by atoms with van der Waals surface area (Å²) < 4.78 is 5.28. The predicted molar refractivity (Wildman–Crippen MR) is 78.3 cm³/mol. The van der Waals surface area contributed by atoms with Gasteiger partial charge in [-0.25, -0.2) is 9.97 Å². The van der Waals surface area contributed by atoms with Crippen LogP contribution in [0, 0.1) is 0 Å². The van der Waals surface area contributed by atoms with Crippen LogP contribution in [0.1, 0.15) is 64.8 Å². The second kappa shape index (κ2) is 5.51. The Morgan fingerprint density at radius 2 is 2.14 bits per heavy atom. The van der Waals surface area contributed by atoms with Crippen molar-refractivity contribution in [2.45, 2.75) is 51.0 Å². The van der Waals surface area contributed by atoms with E-state index in [1.807, 2.05) is 6.07 Å². The Morgan fingerprint density at radius 3 is 3.00 bits per heavy atom. The lowest BCUT2D eigenvalue weighted by atomic mass is 9.96. The number of hydrogen-bond acceptors (Lipinski definition) is 5. The molecule has 2 aliphatic rings. The third kappa shape index (κ3) is 2.61. The van der Waals surface area contributed by atoms with Crippen molar-refractivity contribution >= 4 is 5.91 Å². The van der Waals surface area contributed by atoms with E-state index in [9.17, 15) is 4.79 Å². The fourth-order valence-corrected chi connectivity index (χ4v) is 2.93. The summed E-state index contributed by atoms with van der Waals surface area (Å²) in [4.78, 5) is 20.8. The number of rotatable bonds is 4. The van der Waals surface area contributed by atoms with E-state index in [2.05, 4.69) is 20.4 Å². The van der Waals surface area contributed by atoms with E-state index in [4.69, 9.17) is 4.52 Å². The molecule has 0 radical (unpaired) electrons. The Bertz CT molecular complexity index is 706. The van der Waals surface area contributed by atoms with Gasteiger partial charge in [-0.2, -0.15) is 0 Å². The van der Waals surface area contributed by atoms with Crippen LogP contribution < -0.4 is 5.32 Å². The predicted octanol–water partition coefficient (Wildman–Crippen LogP) is 2.15. The number of aryl methyl sites for hydroxylation is 1. The van der Waals surface area contributed by atoms with Gasteiger partial charge in [-0.1, -0.05) is 5.16 Å². The summed E-state index contributed by atoms with van der Waals surface area (Å²) in [5, 5.41) is 6.83. The standard InChI is InChI=1S/C16H18N4O2/c21-16(15-12-3-1-2-4-14(12)22-20-15)17-8-11-7-13(10-5-6-10)19-9-18-11/h7,9-10H,1-6,8H2,(H,17,21). The highest BCUT2D eigenvalue weighted by Gasteiger charge is 2.26. The maximum absolute atomic E-state index is 12.3. The minimum Gasteiger partial charge on any atom is -0.360 e. The van der Waals surface area contributed by atoms with Crippen molar-refractivity contribution in [2.75, 3.05) is 0 Å². The minimum absolute atomic E-state index is 0.182. The van der Waals surface area contributed by atoms with Crippen molar-refractivity contribution in [2.24, 2.45) is 0 Å². The molecule has 0 bridgehead atoms. The first-order valence-corrected chi connectivity index (χ1v) is 7.87. The monoisotopic (exact) mass is 298 g/mol. The molecule has 2 aromatic rings. The second-order valence-corrected chi connectivity index (χ2v) is 6.03. The smallest absolute Gasteiger partial charge is 0.274 e. The maximum Gasteiger partial charge on any atom is 0.274 e. The van der Waals surface area contributed by atoms with Crippen LogP contribution in [0.25, 0.3) is 0 Å². The van der Waals surface area contributed by atoms with Crippen molar-refractivity contribution < 1.29 is 9.32 Å². The zero-order valence-electron chi connectivity index (χ0n) is 12.3. The number of hydrogen-bond donors (Lipinski definition) is 1. The fourth-order valence-electron chi connectivity index (χ4n) is 2.93. The average Bonchev–Trinajstić information content (AvgIpc) is 3.32. The number of aromatic nitrogens is 3. The normalized spacial score (nSPS) is 17.1. The van der Waals surface area contributed by atoms with Gasteiger partial charge in [0.25, 0.3) is 5.91 Å². The molecule has 1 N–H and O–H groups in total. The number of nitrogens with zero attached hydrogens (tertiary/aromatic N) is 3. The highest BCUT2D eigenvalue weighted by molar-refractivity contribution is 5.93. The summed E-state index contributed by atoms with van der Waals surface area (Å²) in [6.45, 7) is 0.392. The van der Waals surface area contributed by atoms with Gasteiger partial charge in [0.05, 0.1) is 12.2 Å². The molecular weight excluding hydrogens is 280 g/mol. The van der Waals surface area contributed by atoms with E-state index < -0.39 is 0 Å². The summed E-state index contributed by atoms with van der Waals surface area (Å²) in [6, 6.07) is 1.98. The van der Waals surface area contributed by atoms with Gasteiger partial charge in [0.1, 0.15) is 12.1 Å². The molecule has 2 aliphatic carbocycles. The average molecular weight is 298 g/mol. The number of carbonyl (C=O) groups is 1. The van der Waals surface area contributed by atoms with E-state index in [1.165, 1.54) is 12.8 Å². The van der Waals surface area contributed by atoms with Crippen LogP contribution >= 0.6 is 0 Å². The first-order chi connectivity index (χ1) is 10.8. The molecule has 22 heavy (non-hydrogen) atoms. The Hall–Kier alpha value is -2.24. The molecule has 6 nitrogen and oxygen atoms in total. The molecule has 1 fully saturated rings. The first kappa shape index (κ1) is 13.4. The van der Waals surface area contributed by atoms with E-state index >= 15 is 0 Å². The highest BCUT2D eigenvalue weighted by Crippen LogP contribution is 2.38. The van der Waals surface area contributed by atoms with Crippen LogP contribution in [0.2, 0.25) is 0 Å². The summed E-state index contributed by atoms with van der Waals surface area (Å²) in [5.74, 6) is 1.27. The molecule has 0 atom stereocenters. The van der Waals surface area contributed by atoms with Crippen molar-refractivity contribution in [3.05, 3.63) is 40.8 Å². The van der Waals surface area contributed by atoms with Crippen molar-refractivity contribution in [1.82, 2.24) is 20.4 Å². The summed E-state index contributed by atoms with van der Waals surface area (Å²) in [6.07, 6.45) is 7.93. The van der Waals surface area contributed by atoms with Crippen LogP contribution in [-0.2, 0) is 19.4 Å². The van der Waals surface area contributed by atoms with Crippen LogP contribution in [0.4, 0.5) is 0 Å². The molecule has 0 unspecified atom stereocenters. The highest BCUT2D eigenvalue weighted by atomic mass is 16.5. The molecule has 0 aromatic carbocycles. The van der Waals surface area contributed by atoms with Crippen molar-refractivity contribution in [3.8, 4) is 0 Å². The lowest BCUT2D eigenvalue weighted by Gasteiger charge is -2.09. The lowest BCUT2D eigenvalue weighted by Crippen LogP contribution is -2.25. The number of carbonyl (C=O) groups excluding carboxylic acids is 1. The largest absolute Gasteiger partial charge is 0.360 e. The first-order valence-electron chi connectivity index (χ1n) is 7.87. The third-order valence-corrected chi connectivity index (χ3v) is 4.34. The number of nitrogens with one attached hydrogen (secondary N) is 1. The van der Waals surface area contributed by atoms with Crippen molar-refractivity contribution in [3.63, 3.8) is 0 Å². The van der Waals surface area contributed by atoms with Gasteiger partial charge in [0.2, 0.25) is 0 Å². The van der Waals surface area contributed by atoms with E-state index in [0.717, 1.165) is 48.4 Å². The van der Waals surface area contributed by atoms with E-state index in [-0.39, 0.29) is 5.91 Å². The van der Waals surface area contributed by atoms with Crippen LogP contribution in [0.15, 0.2) is 16.9 Å². The van der Waals surface area contributed by atoms with Gasteiger partial charge in [0, 0.05) is 23.6 Å². The zero-order chi connectivity index (χ0) is 14.9. The van der Waals surface area contributed by atoms with Crippen LogP contribution in [-0.4, -0.2) is 21.0 Å².